The molecule has 6 heteroatoms. The number of hydrogen-bond donors (Lipinski definition) is 3. The molecule has 0 saturated heterocycles. The molecule has 0 aromatic heterocycles. The highest BCUT2D eigenvalue weighted by atomic mass is 16.5. The molecule has 0 spiro atoms. The number of hydrogen-bond acceptors (Lipinski definition) is 5. The molecule has 2 unspecified atom stereocenters. The van der Waals surface area contributed by atoms with Gasteiger partial charge in [0.1, 0.15) is 0 Å². The summed E-state index contributed by atoms with van der Waals surface area (Å²) in [5.41, 5.74) is 0. The zero-order chi connectivity index (χ0) is 59.2. The number of carbonyl (C=O) groups is 2. The summed E-state index contributed by atoms with van der Waals surface area (Å²) in [7, 11) is 0. The molecule has 0 aliphatic carbocycles. The third-order valence-corrected chi connectivity index (χ3v) is 17.1. The van der Waals surface area contributed by atoms with Gasteiger partial charge in [-0.15, -0.1) is 0 Å². The molecule has 0 rings (SSSR count). The van der Waals surface area contributed by atoms with Crippen molar-refractivity contribution in [2.45, 2.75) is 411 Å². The fourth-order valence-electron chi connectivity index (χ4n) is 11.4. The molecule has 1 amide bonds. The molecular formula is C76H143NO5. The van der Waals surface area contributed by atoms with Crippen molar-refractivity contribution in [3.05, 3.63) is 48.6 Å². The second-order valence-corrected chi connectivity index (χ2v) is 25.3. The molecule has 2 atom stereocenters. The van der Waals surface area contributed by atoms with Gasteiger partial charge < -0.3 is 20.3 Å². The Morgan fingerprint density at radius 3 is 0.963 bits per heavy atom. The highest BCUT2D eigenvalue weighted by Gasteiger charge is 2.18. The maximum atomic E-state index is 12.5. The molecule has 0 radical (unpaired) electrons. The lowest BCUT2D eigenvalue weighted by Gasteiger charge is -2.20. The van der Waals surface area contributed by atoms with Gasteiger partial charge in [0.25, 0.3) is 0 Å². The lowest BCUT2D eigenvalue weighted by atomic mass is 10.0. The maximum absolute atomic E-state index is 12.5. The number of amides is 1. The van der Waals surface area contributed by atoms with Crippen molar-refractivity contribution in [2.75, 3.05) is 13.2 Å². The summed E-state index contributed by atoms with van der Waals surface area (Å²) in [5, 5.41) is 23.3. The van der Waals surface area contributed by atoms with E-state index in [0.29, 0.717) is 19.4 Å². The maximum Gasteiger partial charge on any atom is 0.305 e. The lowest BCUT2D eigenvalue weighted by molar-refractivity contribution is -0.143. The van der Waals surface area contributed by atoms with Gasteiger partial charge in [0.15, 0.2) is 0 Å². The quantitative estimate of drug-likeness (QED) is 0.0320. The molecule has 0 aromatic carbocycles. The first kappa shape index (κ1) is 79.8. The van der Waals surface area contributed by atoms with Crippen molar-refractivity contribution >= 4 is 11.9 Å². The largest absolute Gasteiger partial charge is 0.466 e. The van der Waals surface area contributed by atoms with E-state index in [2.05, 4.69) is 55.6 Å². The SMILES string of the molecule is CCCCC/C=C\C/C=C\CCCCCCCCCC(=O)OCCCCCCCCCCCCCC/C=C\CCCCCCCCCC(=O)NC(CO)C(O)/C=C/CCCCCCCCCCCCCCCCCCCCCCCCC. The van der Waals surface area contributed by atoms with Crippen molar-refractivity contribution in [1.82, 2.24) is 5.32 Å². The van der Waals surface area contributed by atoms with Crippen LogP contribution in [0.2, 0.25) is 0 Å². The summed E-state index contributed by atoms with van der Waals surface area (Å²) in [6.07, 6.45) is 93.4. The van der Waals surface area contributed by atoms with Gasteiger partial charge >= 0.3 is 5.97 Å². The zero-order valence-corrected chi connectivity index (χ0v) is 55.2. The predicted molar refractivity (Wildman–Crippen MR) is 361 cm³/mol. The van der Waals surface area contributed by atoms with Gasteiger partial charge in [0.05, 0.1) is 25.4 Å². The van der Waals surface area contributed by atoms with E-state index in [-0.39, 0.29) is 18.5 Å². The number of unbranched alkanes of at least 4 members (excludes halogenated alkanes) is 52. The van der Waals surface area contributed by atoms with Crippen LogP contribution in [-0.2, 0) is 14.3 Å². The standard InChI is InChI=1S/C76H143NO5/c1-3-5-7-9-11-13-15-17-19-21-22-23-24-25-27-30-33-37-40-44-48-52-56-60-64-68-74(79)73(72-78)77-75(80)69-65-61-57-53-49-45-41-38-34-31-28-26-29-32-35-39-43-47-51-55-59-63-67-71-82-76(81)70-66-62-58-54-50-46-42-36-20-18-16-14-12-10-8-6-4-2/h12,14,18,20,31,34,64,68,73-74,78-79H,3-11,13,15-17,19,21-30,32-33,35-63,65-67,69-72H2,1-2H3,(H,77,80)/b14-12-,20-18-,34-31-,68-64+. The van der Waals surface area contributed by atoms with E-state index < -0.39 is 12.1 Å². The van der Waals surface area contributed by atoms with E-state index in [1.165, 1.54) is 315 Å². The number of aliphatic hydroxyl groups is 2. The number of esters is 1. The van der Waals surface area contributed by atoms with Crippen LogP contribution in [0, 0.1) is 0 Å². The molecule has 6 nitrogen and oxygen atoms in total. The van der Waals surface area contributed by atoms with E-state index in [1.807, 2.05) is 6.08 Å². The molecule has 82 heavy (non-hydrogen) atoms. The molecule has 0 fully saturated rings. The Bertz CT molecular complexity index is 1370. The van der Waals surface area contributed by atoms with E-state index in [1.54, 1.807) is 6.08 Å². The van der Waals surface area contributed by atoms with Crippen LogP contribution in [0.15, 0.2) is 48.6 Å². The number of rotatable bonds is 69. The topological polar surface area (TPSA) is 95.9 Å². The molecule has 0 aliphatic heterocycles. The molecule has 0 heterocycles. The Labute approximate surface area is 512 Å². The number of allylic oxidation sites excluding steroid dienone is 7. The Morgan fingerprint density at radius 1 is 0.341 bits per heavy atom. The van der Waals surface area contributed by atoms with Crippen molar-refractivity contribution in [3.8, 4) is 0 Å². The molecular weight excluding hydrogens is 1010 g/mol. The number of ether oxygens (including phenoxy) is 1. The van der Waals surface area contributed by atoms with Crippen LogP contribution in [0.25, 0.3) is 0 Å². The minimum Gasteiger partial charge on any atom is -0.466 e. The first-order valence-electron chi connectivity index (χ1n) is 36.9. The van der Waals surface area contributed by atoms with Crippen LogP contribution < -0.4 is 5.32 Å². The van der Waals surface area contributed by atoms with Crippen LogP contribution in [-0.4, -0.2) is 47.4 Å². The minimum absolute atomic E-state index is 0.00366. The zero-order valence-electron chi connectivity index (χ0n) is 55.2. The number of carbonyl (C=O) groups excluding carboxylic acids is 2. The van der Waals surface area contributed by atoms with Crippen LogP contribution in [0.5, 0.6) is 0 Å². The molecule has 0 saturated carbocycles. The third-order valence-electron chi connectivity index (χ3n) is 17.1. The predicted octanol–water partition coefficient (Wildman–Crippen LogP) is 24.0. The summed E-state index contributed by atoms with van der Waals surface area (Å²) in [5.74, 6) is -0.0669. The van der Waals surface area contributed by atoms with Crippen LogP contribution >= 0.6 is 0 Å². The molecule has 0 aliphatic rings. The lowest BCUT2D eigenvalue weighted by Crippen LogP contribution is -2.45. The molecule has 0 bridgehead atoms. The second kappa shape index (κ2) is 71.3. The van der Waals surface area contributed by atoms with Crippen molar-refractivity contribution in [3.63, 3.8) is 0 Å². The number of aliphatic hydroxyl groups excluding tert-OH is 2. The fraction of sp³-hybridized carbons (Fsp3) is 0.868. The Kier molecular flexibility index (Phi) is 69.4. The first-order chi connectivity index (χ1) is 40.5. The highest BCUT2D eigenvalue weighted by molar-refractivity contribution is 5.76. The fourth-order valence-corrected chi connectivity index (χ4v) is 11.4. The van der Waals surface area contributed by atoms with Gasteiger partial charge in [-0.25, -0.2) is 0 Å². The van der Waals surface area contributed by atoms with Gasteiger partial charge in [-0.1, -0.05) is 345 Å². The van der Waals surface area contributed by atoms with Crippen molar-refractivity contribution in [2.24, 2.45) is 0 Å². The Hall–Kier alpha value is -2.18. The van der Waals surface area contributed by atoms with E-state index >= 15 is 0 Å². The van der Waals surface area contributed by atoms with Crippen molar-refractivity contribution < 1.29 is 24.5 Å². The van der Waals surface area contributed by atoms with Gasteiger partial charge in [-0.3, -0.25) is 9.59 Å². The van der Waals surface area contributed by atoms with Gasteiger partial charge in [0.2, 0.25) is 5.91 Å². The minimum atomic E-state index is -0.851. The van der Waals surface area contributed by atoms with Crippen molar-refractivity contribution in [1.29, 1.82) is 0 Å². The van der Waals surface area contributed by atoms with Crippen LogP contribution in [0.3, 0.4) is 0 Å². The number of nitrogens with one attached hydrogen (secondary N) is 1. The second-order valence-electron chi connectivity index (χ2n) is 25.3. The van der Waals surface area contributed by atoms with E-state index in [9.17, 15) is 19.8 Å². The van der Waals surface area contributed by atoms with Crippen LogP contribution in [0.4, 0.5) is 0 Å². The Morgan fingerprint density at radius 2 is 0.610 bits per heavy atom. The smallest absolute Gasteiger partial charge is 0.305 e. The Balaban J connectivity index is 3.44. The van der Waals surface area contributed by atoms with E-state index in [4.69, 9.17) is 4.74 Å². The third kappa shape index (κ3) is 67.0. The van der Waals surface area contributed by atoms with Gasteiger partial charge in [-0.2, -0.15) is 0 Å². The highest BCUT2D eigenvalue weighted by Crippen LogP contribution is 2.18. The molecule has 0 aromatic rings. The monoisotopic (exact) mass is 1150 g/mol. The van der Waals surface area contributed by atoms with E-state index in [0.717, 1.165) is 57.8 Å². The van der Waals surface area contributed by atoms with Gasteiger partial charge in [-0.05, 0) is 89.9 Å². The summed E-state index contributed by atoms with van der Waals surface area (Å²) in [6, 6.07) is -0.635. The van der Waals surface area contributed by atoms with Gasteiger partial charge in [0, 0.05) is 12.8 Å². The normalized spacial score (nSPS) is 12.8. The summed E-state index contributed by atoms with van der Waals surface area (Å²) in [4.78, 5) is 24.6. The van der Waals surface area contributed by atoms with Crippen LogP contribution in [0.1, 0.15) is 399 Å². The summed E-state index contributed by atoms with van der Waals surface area (Å²) >= 11 is 0. The molecule has 482 valence electrons. The first-order valence-corrected chi connectivity index (χ1v) is 36.9. The summed E-state index contributed by atoms with van der Waals surface area (Å²) < 4.78 is 5.50. The average Bonchev–Trinajstić information content (AvgIpc) is 3.48. The summed E-state index contributed by atoms with van der Waals surface area (Å²) in [6.45, 7) is 4.91. The molecule has 3 N–H and O–H groups in total. The average molecular weight is 1150 g/mol.